The highest BCUT2D eigenvalue weighted by molar-refractivity contribution is 7.09. The van der Waals surface area contributed by atoms with Crippen molar-refractivity contribution in [2.24, 2.45) is 0 Å². The molecule has 1 saturated heterocycles. The van der Waals surface area contributed by atoms with Crippen LogP contribution >= 0.6 is 11.3 Å². The largest absolute Gasteiger partial charge is 0.480 e. The van der Waals surface area contributed by atoms with Crippen molar-refractivity contribution in [1.29, 1.82) is 0 Å². The van der Waals surface area contributed by atoms with E-state index in [4.69, 9.17) is 4.74 Å². The molecule has 3 aromatic heterocycles. The smallest absolute Gasteiger partial charge is 0.231 e. The molecule has 1 aliphatic heterocycles. The molecule has 1 aliphatic rings. The van der Waals surface area contributed by atoms with Crippen molar-refractivity contribution < 1.29 is 4.74 Å². The Kier molecular flexibility index (Phi) is 4.15. The van der Waals surface area contributed by atoms with Crippen LogP contribution in [0.5, 0.6) is 5.88 Å². The summed E-state index contributed by atoms with van der Waals surface area (Å²) in [6.45, 7) is 5.07. The monoisotopic (exact) mass is 344 g/mol. The average Bonchev–Trinajstić information content (AvgIpc) is 3.21. The molecule has 3 aromatic rings. The van der Waals surface area contributed by atoms with Gasteiger partial charge in [0.1, 0.15) is 0 Å². The van der Waals surface area contributed by atoms with Gasteiger partial charge in [-0.1, -0.05) is 0 Å². The number of hydrogen-bond acceptors (Lipinski definition) is 7. The molecule has 4 rings (SSSR count). The molecule has 0 aliphatic carbocycles. The molecule has 4 heterocycles. The van der Waals surface area contributed by atoms with Gasteiger partial charge in [0, 0.05) is 23.9 Å². The van der Waals surface area contributed by atoms with Crippen molar-refractivity contribution in [3.63, 3.8) is 0 Å². The number of aryl methyl sites for hydroxylation is 1. The van der Waals surface area contributed by atoms with E-state index in [9.17, 15) is 0 Å². The van der Waals surface area contributed by atoms with Gasteiger partial charge in [-0.05, 0) is 38.9 Å². The number of aromatic nitrogens is 5. The van der Waals surface area contributed by atoms with E-state index in [0.29, 0.717) is 11.8 Å². The van der Waals surface area contributed by atoms with Crippen LogP contribution in [0.25, 0.3) is 5.65 Å². The Morgan fingerprint density at radius 1 is 1.25 bits per heavy atom. The van der Waals surface area contributed by atoms with Crippen LogP contribution < -0.4 is 4.74 Å². The van der Waals surface area contributed by atoms with E-state index in [1.54, 1.807) is 18.4 Å². The van der Waals surface area contributed by atoms with Gasteiger partial charge in [0.2, 0.25) is 5.88 Å². The van der Waals surface area contributed by atoms with Gasteiger partial charge >= 0.3 is 0 Å². The van der Waals surface area contributed by atoms with E-state index < -0.39 is 0 Å². The van der Waals surface area contributed by atoms with E-state index >= 15 is 0 Å². The van der Waals surface area contributed by atoms with Crippen LogP contribution in [-0.2, 0) is 6.54 Å². The zero-order valence-electron chi connectivity index (χ0n) is 13.8. The molecule has 0 spiro atoms. The second-order valence-electron chi connectivity index (χ2n) is 6.11. The number of fused-ring (bicyclic) bond motifs is 1. The topological polar surface area (TPSA) is 68.4 Å². The standard InChI is InChI=1S/C16H20N6OS/c1-11-17-13(10-24-11)9-21-7-5-12(6-8-21)16-19-18-14-3-4-15(23-2)20-22(14)16/h3-4,10,12H,5-9H2,1-2H3. The Morgan fingerprint density at radius 2 is 2.08 bits per heavy atom. The Morgan fingerprint density at radius 3 is 2.79 bits per heavy atom. The van der Waals surface area contributed by atoms with Crippen LogP contribution in [-0.4, -0.2) is 49.9 Å². The maximum Gasteiger partial charge on any atom is 0.231 e. The van der Waals surface area contributed by atoms with Crippen LogP contribution in [0.15, 0.2) is 17.5 Å². The van der Waals surface area contributed by atoms with Crippen LogP contribution in [0.3, 0.4) is 0 Å². The molecule has 0 unspecified atom stereocenters. The third kappa shape index (κ3) is 2.99. The first-order chi connectivity index (χ1) is 11.7. The summed E-state index contributed by atoms with van der Waals surface area (Å²) in [5, 5.41) is 16.4. The summed E-state index contributed by atoms with van der Waals surface area (Å²) in [5.41, 5.74) is 1.95. The summed E-state index contributed by atoms with van der Waals surface area (Å²) >= 11 is 1.72. The fraction of sp³-hybridized carbons (Fsp3) is 0.500. The average molecular weight is 344 g/mol. The van der Waals surface area contributed by atoms with Gasteiger partial charge in [-0.2, -0.15) is 4.52 Å². The lowest BCUT2D eigenvalue weighted by molar-refractivity contribution is 0.199. The SMILES string of the molecule is COc1ccc2nnc(C3CCN(Cc4csc(C)n4)CC3)n2n1. The lowest BCUT2D eigenvalue weighted by atomic mass is 9.96. The summed E-state index contributed by atoms with van der Waals surface area (Å²) < 4.78 is 7.04. The number of thiazole rings is 1. The normalized spacial score (nSPS) is 16.8. The number of piperidine rings is 1. The van der Waals surface area contributed by atoms with Crippen molar-refractivity contribution in [2.75, 3.05) is 20.2 Å². The first-order valence-electron chi connectivity index (χ1n) is 8.12. The molecule has 0 saturated carbocycles. The van der Waals surface area contributed by atoms with Crippen LogP contribution in [0.1, 0.15) is 35.3 Å². The predicted molar refractivity (Wildman–Crippen MR) is 91.4 cm³/mol. The number of nitrogens with zero attached hydrogens (tertiary/aromatic N) is 6. The summed E-state index contributed by atoms with van der Waals surface area (Å²) in [6, 6.07) is 3.70. The zero-order valence-corrected chi connectivity index (χ0v) is 14.7. The van der Waals surface area contributed by atoms with Gasteiger partial charge in [-0.3, -0.25) is 4.90 Å². The minimum Gasteiger partial charge on any atom is -0.480 e. The first-order valence-corrected chi connectivity index (χ1v) is 9.00. The molecule has 0 N–H and O–H groups in total. The van der Waals surface area contributed by atoms with Crippen molar-refractivity contribution in [2.45, 2.75) is 32.2 Å². The molecule has 7 nitrogen and oxygen atoms in total. The van der Waals surface area contributed by atoms with Crippen LogP contribution in [0.2, 0.25) is 0 Å². The number of likely N-dealkylation sites (tertiary alicyclic amines) is 1. The minimum absolute atomic E-state index is 0.382. The van der Waals surface area contributed by atoms with Gasteiger partial charge in [0.15, 0.2) is 11.5 Å². The van der Waals surface area contributed by atoms with Gasteiger partial charge in [0.05, 0.1) is 17.8 Å². The highest BCUT2D eigenvalue weighted by Gasteiger charge is 2.25. The zero-order chi connectivity index (χ0) is 16.5. The van der Waals surface area contributed by atoms with E-state index in [1.807, 2.05) is 16.6 Å². The lowest BCUT2D eigenvalue weighted by Gasteiger charge is -2.30. The quantitative estimate of drug-likeness (QED) is 0.723. The van der Waals surface area contributed by atoms with Gasteiger partial charge in [-0.15, -0.1) is 26.6 Å². The summed E-state index contributed by atoms with van der Waals surface area (Å²) in [4.78, 5) is 7.02. The highest BCUT2D eigenvalue weighted by atomic mass is 32.1. The second kappa shape index (κ2) is 6.45. The van der Waals surface area contributed by atoms with E-state index in [2.05, 4.69) is 37.5 Å². The molecule has 1 fully saturated rings. The van der Waals surface area contributed by atoms with Gasteiger partial charge in [0.25, 0.3) is 0 Å². The van der Waals surface area contributed by atoms with Crippen LogP contribution in [0, 0.1) is 6.92 Å². The maximum atomic E-state index is 5.22. The van der Waals surface area contributed by atoms with Crippen molar-refractivity contribution in [3.8, 4) is 5.88 Å². The number of rotatable bonds is 4. The van der Waals surface area contributed by atoms with E-state index in [-0.39, 0.29) is 0 Å². The number of hydrogen-bond donors (Lipinski definition) is 0. The first kappa shape index (κ1) is 15.5. The molecular weight excluding hydrogens is 324 g/mol. The third-order valence-electron chi connectivity index (χ3n) is 4.48. The number of ether oxygens (including phenoxy) is 1. The molecule has 0 amide bonds. The fourth-order valence-corrected chi connectivity index (χ4v) is 3.82. The molecule has 0 radical (unpaired) electrons. The highest BCUT2D eigenvalue weighted by Crippen LogP contribution is 2.28. The molecular formula is C16H20N6OS. The minimum atomic E-state index is 0.382. The van der Waals surface area contributed by atoms with Crippen molar-refractivity contribution >= 4 is 17.0 Å². The van der Waals surface area contributed by atoms with E-state index in [0.717, 1.165) is 49.0 Å². The van der Waals surface area contributed by atoms with E-state index in [1.165, 1.54) is 5.69 Å². The second-order valence-corrected chi connectivity index (χ2v) is 7.17. The Hall–Kier alpha value is -2.06. The maximum absolute atomic E-state index is 5.22. The lowest BCUT2D eigenvalue weighted by Crippen LogP contribution is -2.33. The Labute approximate surface area is 144 Å². The Balaban J connectivity index is 1.45. The predicted octanol–water partition coefficient (Wildman–Crippen LogP) is 2.28. The van der Waals surface area contributed by atoms with Crippen molar-refractivity contribution in [3.05, 3.63) is 34.0 Å². The van der Waals surface area contributed by atoms with Gasteiger partial charge in [-0.25, -0.2) is 4.98 Å². The molecule has 8 heteroatoms. The molecule has 24 heavy (non-hydrogen) atoms. The fourth-order valence-electron chi connectivity index (χ4n) is 3.21. The van der Waals surface area contributed by atoms with Crippen LogP contribution in [0.4, 0.5) is 0 Å². The molecule has 126 valence electrons. The molecule has 0 atom stereocenters. The Bertz CT molecular complexity index is 836. The molecule has 0 aromatic carbocycles. The van der Waals surface area contributed by atoms with Crippen molar-refractivity contribution in [1.82, 2.24) is 29.7 Å². The van der Waals surface area contributed by atoms with Gasteiger partial charge < -0.3 is 4.74 Å². The third-order valence-corrected chi connectivity index (χ3v) is 5.30. The molecule has 0 bridgehead atoms. The number of methoxy groups -OCH3 is 1. The summed E-state index contributed by atoms with van der Waals surface area (Å²) in [6.07, 6.45) is 2.12. The summed E-state index contributed by atoms with van der Waals surface area (Å²) in [5.74, 6) is 1.90. The summed E-state index contributed by atoms with van der Waals surface area (Å²) in [7, 11) is 1.62.